The Morgan fingerprint density at radius 2 is 1.78 bits per heavy atom. The van der Waals surface area contributed by atoms with Crippen molar-refractivity contribution in [3.05, 3.63) is 78.0 Å². The van der Waals surface area contributed by atoms with Crippen LogP contribution >= 0.6 is 11.6 Å². The zero-order valence-corrected chi connectivity index (χ0v) is 20.1. The molecule has 0 radical (unpaired) electrons. The second-order valence-corrected chi connectivity index (χ2v) is 8.33. The number of hydrogen-bond acceptors (Lipinski definition) is 10. The Morgan fingerprint density at radius 1 is 1.00 bits per heavy atom. The summed E-state index contributed by atoms with van der Waals surface area (Å²) in [6.07, 6.45) is 7.41. The average molecular weight is 522 g/mol. The Balaban J connectivity index is 1.19. The molecule has 13 heteroatoms. The molecule has 3 N–H and O–H groups in total. The van der Waals surface area contributed by atoms with Gasteiger partial charge < -0.3 is 15.0 Å². The number of rotatable bonds is 7. The summed E-state index contributed by atoms with van der Waals surface area (Å²) < 4.78 is 19.5. The smallest absolute Gasteiger partial charge is 0.288 e. The van der Waals surface area contributed by atoms with Gasteiger partial charge in [0, 0.05) is 42.3 Å². The van der Waals surface area contributed by atoms with E-state index in [-0.39, 0.29) is 17.5 Å². The van der Waals surface area contributed by atoms with E-state index in [1.165, 1.54) is 12.5 Å². The van der Waals surface area contributed by atoms with Crippen LogP contribution in [0.25, 0.3) is 11.1 Å². The predicted octanol–water partition coefficient (Wildman–Crippen LogP) is 3.46. The predicted molar refractivity (Wildman–Crippen MR) is 136 cm³/mol. The van der Waals surface area contributed by atoms with E-state index in [9.17, 15) is 9.18 Å². The van der Waals surface area contributed by atoms with Gasteiger partial charge in [-0.1, -0.05) is 17.7 Å². The van der Waals surface area contributed by atoms with Crippen molar-refractivity contribution in [3.63, 3.8) is 0 Å². The van der Waals surface area contributed by atoms with Crippen LogP contribution < -0.4 is 21.1 Å². The van der Waals surface area contributed by atoms with E-state index < -0.39 is 11.7 Å². The number of carbonyl (C=O) groups is 1. The van der Waals surface area contributed by atoms with Gasteiger partial charge in [-0.3, -0.25) is 15.6 Å². The number of benzene rings is 1. The molecule has 0 spiro atoms. The van der Waals surface area contributed by atoms with Crippen LogP contribution in [-0.2, 0) is 4.74 Å². The molecule has 37 heavy (non-hydrogen) atoms. The highest BCUT2D eigenvalue weighted by atomic mass is 35.5. The van der Waals surface area contributed by atoms with Crippen molar-refractivity contribution in [2.45, 2.75) is 0 Å². The first-order valence-electron chi connectivity index (χ1n) is 11.3. The Hall–Kier alpha value is -4.42. The molecular formula is C24H21ClFN9O2. The molecule has 0 atom stereocenters. The summed E-state index contributed by atoms with van der Waals surface area (Å²) in [5, 5.41) is 3.73. The number of anilines is 4. The molecule has 188 valence electrons. The molecule has 1 aliphatic rings. The van der Waals surface area contributed by atoms with Gasteiger partial charge in [-0.15, -0.1) is 0 Å². The third kappa shape index (κ3) is 5.88. The van der Waals surface area contributed by atoms with Crippen LogP contribution in [0.5, 0.6) is 0 Å². The fourth-order valence-corrected chi connectivity index (χ4v) is 3.92. The number of aromatic nitrogens is 5. The molecule has 1 amide bonds. The molecule has 0 saturated carbocycles. The second-order valence-electron chi connectivity index (χ2n) is 7.92. The number of nitrogens with one attached hydrogen (secondary N) is 3. The maximum Gasteiger partial charge on any atom is 0.288 e. The summed E-state index contributed by atoms with van der Waals surface area (Å²) in [6.45, 7) is 2.01. The van der Waals surface area contributed by atoms with Crippen molar-refractivity contribution in [2.24, 2.45) is 0 Å². The Kier molecular flexibility index (Phi) is 7.28. The van der Waals surface area contributed by atoms with Crippen LogP contribution in [0.2, 0.25) is 5.02 Å². The van der Waals surface area contributed by atoms with E-state index in [0.717, 1.165) is 23.0 Å². The average Bonchev–Trinajstić information content (AvgIpc) is 2.94. The molecule has 11 nitrogen and oxygen atoms in total. The maximum absolute atomic E-state index is 14.2. The number of carbonyl (C=O) groups excluding carboxylic acids is 1. The third-order valence-corrected chi connectivity index (χ3v) is 5.76. The standard InChI is InChI=1S/C24H21ClFN9O2/c25-19-9-16(1-3-18(19)15-10-27-14-28-11-15)31-17-2-4-21(29-12-17)23(36)33-34-24-30-13-20(26)22(32-24)35-5-7-37-8-6-35/h1-4,9-14,31H,5-8H2,(H,33,36)(H,30,32,34). The van der Waals surface area contributed by atoms with Gasteiger partial charge in [0.05, 0.1) is 36.3 Å². The molecule has 3 aromatic heterocycles. The molecule has 1 saturated heterocycles. The zero-order chi connectivity index (χ0) is 25.6. The highest BCUT2D eigenvalue weighted by Gasteiger charge is 2.18. The molecule has 0 aliphatic carbocycles. The van der Waals surface area contributed by atoms with Crippen molar-refractivity contribution in [3.8, 4) is 11.1 Å². The van der Waals surface area contributed by atoms with Crippen molar-refractivity contribution in [1.82, 2.24) is 30.3 Å². The first-order valence-corrected chi connectivity index (χ1v) is 11.6. The summed E-state index contributed by atoms with van der Waals surface area (Å²) in [6, 6.07) is 8.78. The summed E-state index contributed by atoms with van der Waals surface area (Å²) in [4.78, 5) is 34.5. The Bertz CT molecular complexity index is 1390. The molecule has 1 fully saturated rings. The lowest BCUT2D eigenvalue weighted by Crippen LogP contribution is -2.38. The monoisotopic (exact) mass is 521 g/mol. The first kappa shape index (κ1) is 24.3. The van der Waals surface area contributed by atoms with Gasteiger partial charge in [0.2, 0.25) is 5.95 Å². The molecule has 5 rings (SSSR count). The van der Waals surface area contributed by atoms with Gasteiger partial charge in [0.15, 0.2) is 11.6 Å². The van der Waals surface area contributed by atoms with Gasteiger partial charge >= 0.3 is 0 Å². The SMILES string of the molecule is O=C(NNc1ncc(F)c(N2CCOCC2)n1)c1ccc(Nc2ccc(-c3cncnc3)c(Cl)c2)cn1. The van der Waals surface area contributed by atoms with Gasteiger partial charge in [-0.2, -0.15) is 4.98 Å². The lowest BCUT2D eigenvalue weighted by atomic mass is 10.1. The van der Waals surface area contributed by atoms with E-state index >= 15 is 0 Å². The van der Waals surface area contributed by atoms with Crippen LogP contribution in [0.1, 0.15) is 10.5 Å². The van der Waals surface area contributed by atoms with Crippen LogP contribution in [0, 0.1) is 5.82 Å². The summed E-state index contributed by atoms with van der Waals surface area (Å²) >= 11 is 6.43. The fraction of sp³-hybridized carbons (Fsp3) is 0.167. The van der Waals surface area contributed by atoms with E-state index in [1.54, 1.807) is 35.5 Å². The summed E-state index contributed by atoms with van der Waals surface area (Å²) in [5.74, 6) is -0.857. The first-order chi connectivity index (χ1) is 18.1. The van der Waals surface area contributed by atoms with Gasteiger partial charge in [-0.05, 0) is 24.3 Å². The van der Waals surface area contributed by atoms with Crippen LogP contribution in [-0.4, -0.2) is 57.1 Å². The highest BCUT2D eigenvalue weighted by Crippen LogP contribution is 2.30. The van der Waals surface area contributed by atoms with Gasteiger partial charge in [-0.25, -0.2) is 24.3 Å². The molecule has 4 aromatic rings. The number of ether oxygens (including phenoxy) is 1. The minimum Gasteiger partial charge on any atom is -0.378 e. The second kappa shape index (κ2) is 11.1. The Labute approximate surface area is 216 Å². The van der Waals surface area contributed by atoms with Crippen LogP contribution in [0.15, 0.2) is 61.4 Å². The highest BCUT2D eigenvalue weighted by molar-refractivity contribution is 6.33. The number of halogens is 2. The topological polar surface area (TPSA) is 130 Å². The van der Waals surface area contributed by atoms with Crippen molar-refractivity contribution in [1.29, 1.82) is 0 Å². The number of nitrogens with zero attached hydrogens (tertiary/aromatic N) is 6. The van der Waals surface area contributed by atoms with E-state index in [1.807, 2.05) is 12.1 Å². The Morgan fingerprint density at radius 3 is 2.51 bits per heavy atom. The molecule has 0 bridgehead atoms. The fourth-order valence-electron chi connectivity index (χ4n) is 3.63. The molecule has 4 heterocycles. The molecule has 1 aliphatic heterocycles. The summed E-state index contributed by atoms with van der Waals surface area (Å²) in [5.41, 5.74) is 8.27. The lowest BCUT2D eigenvalue weighted by molar-refractivity contribution is 0.0957. The van der Waals surface area contributed by atoms with E-state index in [4.69, 9.17) is 16.3 Å². The van der Waals surface area contributed by atoms with Gasteiger partial charge in [0.25, 0.3) is 5.91 Å². The number of pyridine rings is 1. The number of hydrazine groups is 1. The van der Waals surface area contributed by atoms with Crippen LogP contribution in [0.4, 0.5) is 27.5 Å². The third-order valence-electron chi connectivity index (χ3n) is 5.45. The number of morpholine rings is 1. The van der Waals surface area contributed by atoms with E-state index in [2.05, 4.69) is 41.1 Å². The maximum atomic E-state index is 14.2. The van der Waals surface area contributed by atoms with Crippen molar-refractivity contribution >= 4 is 40.6 Å². The number of amides is 1. The van der Waals surface area contributed by atoms with E-state index in [0.29, 0.717) is 37.0 Å². The normalized spacial score (nSPS) is 13.2. The largest absolute Gasteiger partial charge is 0.378 e. The number of hydrogen-bond donors (Lipinski definition) is 3. The van der Waals surface area contributed by atoms with Crippen molar-refractivity contribution in [2.75, 3.05) is 41.9 Å². The summed E-state index contributed by atoms with van der Waals surface area (Å²) in [7, 11) is 0. The molecule has 0 unspecified atom stereocenters. The lowest BCUT2D eigenvalue weighted by Gasteiger charge is -2.28. The quantitative estimate of drug-likeness (QED) is 0.311. The minimum absolute atomic E-state index is 0.0527. The minimum atomic E-state index is -0.548. The zero-order valence-electron chi connectivity index (χ0n) is 19.4. The molecule has 1 aromatic carbocycles. The molecular weight excluding hydrogens is 501 g/mol. The van der Waals surface area contributed by atoms with Crippen LogP contribution in [0.3, 0.4) is 0 Å². The van der Waals surface area contributed by atoms with Gasteiger partial charge in [0.1, 0.15) is 12.0 Å². The van der Waals surface area contributed by atoms with Crippen molar-refractivity contribution < 1.29 is 13.9 Å².